The Hall–Kier alpha value is -1.61. The quantitative estimate of drug-likeness (QED) is 0.878. The van der Waals surface area contributed by atoms with E-state index >= 15 is 0 Å². The minimum absolute atomic E-state index is 0.104. The number of hydrogen-bond acceptors (Lipinski definition) is 3. The Morgan fingerprint density at radius 2 is 2.00 bits per heavy atom. The van der Waals surface area contributed by atoms with E-state index in [4.69, 9.17) is 10.3 Å². The third-order valence-electron chi connectivity index (χ3n) is 3.63. The van der Waals surface area contributed by atoms with Crippen molar-refractivity contribution in [2.24, 2.45) is 5.73 Å². The van der Waals surface area contributed by atoms with Crippen LogP contribution >= 0.6 is 0 Å². The number of benzene rings is 1. The largest absolute Gasteiger partial charge is 0.356 e. The standard InChI is InChI=1S/C14H16N2O/c1-10-2-4-11(5-3-10)12-8-13(16-17-12)14(9-15)6-7-14/h2-5,8H,6-7,9,15H2,1H3. The highest BCUT2D eigenvalue weighted by atomic mass is 16.5. The van der Waals surface area contributed by atoms with Gasteiger partial charge in [0.15, 0.2) is 5.76 Å². The van der Waals surface area contributed by atoms with Crippen molar-refractivity contribution in [2.75, 3.05) is 6.54 Å². The summed E-state index contributed by atoms with van der Waals surface area (Å²) in [5.41, 5.74) is 9.22. The van der Waals surface area contributed by atoms with E-state index in [1.165, 1.54) is 5.56 Å². The molecule has 2 N–H and O–H groups in total. The molecule has 0 amide bonds. The van der Waals surface area contributed by atoms with Gasteiger partial charge in [0.2, 0.25) is 0 Å². The van der Waals surface area contributed by atoms with Crippen molar-refractivity contribution >= 4 is 0 Å². The molecule has 3 nitrogen and oxygen atoms in total. The van der Waals surface area contributed by atoms with E-state index in [0.29, 0.717) is 6.54 Å². The van der Waals surface area contributed by atoms with E-state index in [1.807, 2.05) is 6.07 Å². The molecule has 0 aliphatic heterocycles. The number of nitrogens with two attached hydrogens (primary N) is 1. The van der Waals surface area contributed by atoms with Crippen molar-refractivity contribution in [2.45, 2.75) is 25.2 Å². The van der Waals surface area contributed by atoms with E-state index in [2.05, 4.69) is 36.3 Å². The van der Waals surface area contributed by atoms with Gasteiger partial charge in [-0.2, -0.15) is 0 Å². The third-order valence-corrected chi connectivity index (χ3v) is 3.63. The van der Waals surface area contributed by atoms with Gasteiger partial charge in [0.05, 0.1) is 5.69 Å². The molecule has 1 aromatic carbocycles. The Morgan fingerprint density at radius 3 is 2.59 bits per heavy atom. The van der Waals surface area contributed by atoms with Crippen molar-refractivity contribution in [3.63, 3.8) is 0 Å². The SMILES string of the molecule is Cc1ccc(-c2cc(C3(CN)CC3)no2)cc1. The lowest BCUT2D eigenvalue weighted by molar-refractivity contribution is 0.414. The zero-order chi connectivity index (χ0) is 11.9. The fraction of sp³-hybridized carbons (Fsp3) is 0.357. The maximum atomic E-state index is 5.79. The number of aromatic nitrogens is 1. The second kappa shape index (κ2) is 3.70. The fourth-order valence-electron chi connectivity index (χ4n) is 2.09. The molecule has 1 heterocycles. The molecule has 0 spiro atoms. The lowest BCUT2D eigenvalue weighted by Crippen LogP contribution is -2.19. The molecule has 88 valence electrons. The molecule has 17 heavy (non-hydrogen) atoms. The minimum atomic E-state index is 0.104. The molecule has 3 heteroatoms. The molecule has 1 aliphatic carbocycles. The highest BCUT2D eigenvalue weighted by Crippen LogP contribution is 2.47. The molecule has 1 fully saturated rings. The summed E-state index contributed by atoms with van der Waals surface area (Å²) in [6.45, 7) is 2.73. The van der Waals surface area contributed by atoms with Gasteiger partial charge in [-0.1, -0.05) is 35.0 Å². The molecule has 2 aromatic rings. The summed E-state index contributed by atoms with van der Waals surface area (Å²) in [4.78, 5) is 0. The van der Waals surface area contributed by atoms with E-state index in [9.17, 15) is 0 Å². The van der Waals surface area contributed by atoms with Crippen LogP contribution in [0.5, 0.6) is 0 Å². The van der Waals surface area contributed by atoms with Crippen molar-refractivity contribution < 1.29 is 4.52 Å². The normalized spacial score (nSPS) is 17.1. The van der Waals surface area contributed by atoms with E-state index in [1.54, 1.807) is 0 Å². The van der Waals surface area contributed by atoms with Crippen molar-refractivity contribution in [1.82, 2.24) is 5.16 Å². The van der Waals surface area contributed by atoms with Crippen LogP contribution in [0.15, 0.2) is 34.9 Å². The Labute approximate surface area is 101 Å². The zero-order valence-electron chi connectivity index (χ0n) is 9.94. The summed E-state index contributed by atoms with van der Waals surface area (Å²) < 4.78 is 5.41. The average molecular weight is 228 g/mol. The topological polar surface area (TPSA) is 52.0 Å². The Kier molecular flexibility index (Phi) is 2.30. The summed E-state index contributed by atoms with van der Waals surface area (Å²) in [5.74, 6) is 0.833. The van der Waals surface area contributed by atoms with E-state index < -0.39 is 0 Å². The predicted octanol–water partition coefficient (Wildman–Crippen LogP) is 2.64. The van der Waals surface area contributed by atoms with Crippen LogP contribution in [-0.4, -0.2) is 11.7 Å². The highest BCUT2D eigenvalue weighted by Gasteiger charge is 2.45. The second-order valence-electron chi connectivity index (χ2n) is 4.93. The molecule has 0 saturated heterocycles. The lowest BCUT2D eigenvalue weighted by atomic mass is 10.0. The van der Waals surface area contributed by atoms with Gasteiger partial charge in [-0.25, -0.2) is 0 Å². The van der Waals surface area contributed by atoms with Crippen LogP contribution < -0.4 is 5.73 Å². The maximum Gasteiger partial charge on any atom is 0.167 e. The molecule has 0 bridgehead atoms. The number of rotatable bonds is 3. The summed E-state index contributed by atoms with van der Waals surface area (Å²) >= 11 is 0. The lowest BCUT2D eigenvalue weighted by Gasteiger charge is -2.05. The smallest absolute Gasteiger partial charge is 0.167 e. The zero-order valence-corrected chi connectivity index (χ0v) is 9.94. The molecular weight excluding hydrogens is 212 g/mol. The van der Waals surface area contributed by atoms with Gasteiger partial charge in [-0.15, -0.1) is 0 Å². The van der Waals surface area contributed by atoms with Gasteiger partial charge >= 0.3 is 0 Å². The van der Waals surface area contributed by atoms with Gasteiger partial charge in [-0.05, 0) is 19.8 Å². The van der Waals surface area contributed by atoms with Gasteiger partial charge in [-0.3, -0.25) is 0 Å². The van der Waals surface area contributed by atoms with Crippen molar-refractivity contribution in [3.8, 4) is 11.3 Å². The molecule has 0 unspecified atom stereocenters. The highest BCUT2D eigenvalue weighted by molar-refractivity contribution is 5.58. The van der Waals surface area contributed by atoms with Gasteiger partial charge in [0, 0.05) is 23.6 Å². The number of hydrogen-bond donors (Lipinski definition) is 1. The van der Waals surface area contributed by atoms with Crippen LogP contribution in [0, 0.1) is 6.92 Å². The van der Waals surface area contributed by atoms with Gasteiger partial charge in [0.25, 0.3) is 0 Å². The van der Waals surface area contributed by atoms with Crippen LogP contribution in [-0.2, 0) is 5.41 Å². The average Bonchev–Trinajstić information content (AvgIpc) is 3.00. The first-order valence-corrected chi connectivity index (χ1v) is 5.98. The molecular formula is C14H16N2O. The van der Waals surface area contributed by atoms with E-state index in [0.717, 1.165) is 29.9 Å². The van der Waals surface area contributed by atoms with Gasteiger partial charge in [0.1, 0.15) is 0 Å². The Bertz CT molecular complexity index is 523. The number of nitrogens with zero attached hydrogens (tertiary/aromatic N) is 1. The second-order valence-corrected chi connectivity index (χ2v) is 4.93. The summed E-state index contributed by atoms with van der Waals surface area (Å²) in [6.07, 6.45) is 2.26. The Balaban J connectivity index is 1.92. The Morgan fingerprint density at radius 1 is 1.29 bits per heavy atom. The van der Waals surface area contributed by atoms with Crippen LogP contribution in [0.1, 0.15) is 24.1 Å². The monoisotopic (exact) mass is 228 g/mol. The van der Waals surface area contributed by atoms with Crippen LogP contribution in [0.3, 0.4) is 0 Å². The summed E-state index contributed by atoms with van der Waals surface area (Å²) in [7, 11) is 0. The summed E-state index contributed by atoms with van der Waals surface area (Å²) in [6, 6.07) is 10.3. The van der Waals surface area contributed by atoms with Crippen LogP contribution in [0.2, 0.25) is 0 Å². The fourth-order valence-corrected chi connectivity index (χ4v) is 2.09. The molecule has 0 atom stereocenters. The third kappa shape index (κ3) is 1.76. The number of aryl methyl sites for hydroxylation is 1. The van der Waals surface area contributed by atoms with Crippen molar-refractivity contribution in [3.05, 3.63) is 41.6 Å². The van der Waals surface area contributed by atoms with Crippen molar-refractivity contribution in [1.29, 1.82) is 0 Å². The van der Waals surface area contributed by atoms with E-state index in [-0.39, 0.29) is 5.41 Å². The molecule has 1 aromatic heterocycles. The molecule has 1 aliphatic rings. The van der Waals surface area contributed by atoms with Gasteiger partial charge < -0.3 is 10.3 Å². The maximum absolute atomic E-state index is 5.79. The predicted molar refractivity (Wildman–Crippen MR) is 66.6 cm³/mol. The first-order chi connectivity index (χ1) is 8.23. The molecule has 0 radical (unpaired) electrons. The minimum Gasteiger partial charge on any atom is -0.356 e. The molecule has 1 saturated carbocycles. The van der Waals surface area contributed by atoms with Crippen LogP contribution in [0.4, 0.5) is 0 Å². The summed E-state index contributed by atoms with van der Waals surface area (Å²) in [5, 5.41) is 4.17. The molecule has 3 rings (SSSR count). The first-order valence-electron chi connectivity index (χ1n) is 5.98. The van der Waals surface area contributed by atoms with Crippen LogP contribution in [0.25, 0.3) is 11.3 Å². The first kappa shape index (κ1) is 10.5.